The standard InChI is InChI=1S/C13H20N2O/c1-11-6-4-8-13(14-11)10-15(3)9-5-7-12(2)16/h4,6,8H,5,7,9-10H2,1-3H3. The van der Waals surface area contributed by atoms with Gasteiger partial charge in [-0.05, 0) is 46.0 Å². The zero-order valence-electron chi connectivity index (χ0n) is 10.4. The molecule has 0 aliphatic carbocycles. The highest BCUT2D eigenvalue weighted by molar-refractivity contribution is 5.75. The van der Waals surface area contributed by atoms with E-state index in [4.69, 9.17) is 0 Å². The van der Waals surface area contributed by atoms with Crippen LogP contribution in [0.15, 0.2) is 18.2 Å². The molecule has 0 fully saturated rings. The second-order valence-electron chi connectivity index (χ2n) is 4.31. The van der Waals surface area contributed by atoms with E-state index in [1.165, 1.54) is 0 Å². The second kappa shape index (κ2) is 6.38. The number of nitrogens with zero attached hydrogens (tertiary/aromatic N) is 2. The van der Waals surface area contributed by atoms with E-state index in [0.29, 0.717) is 6.42 Å². The Labute approximate surface area is 97.5 Å². The number of carbonyl (C=O) groups is 1. The molecule has 16 heavy (non-hydrogen) atoms. The van der Waals surface area contributed by atoms with Crippen molar-refractivity contribution in [2.75, 3.05) is 13.6 Å². The largest absolute Gasteiger partial charge is 0.301 e. The van der Waals surface area contributed by atoms with E-state index < -0.39 is 0 Å². The van der Waals surface area contributed by atoms with E-state index in [1.807, 2.05) is 25.1 Å². The molecule has 0 spiro atoms. The Morgan fingerprint density at radius 1 is 1.44 bits per heavy atom. The van der Waals surface area contributed by atoms with Gasteiger partial charge < -0.3 is 9.69 Å². The molecular weight excluding hydrogens is 200 g/mol. The first-order chi connectivity index (χ1) is 7.58. The van der Waals surface area contributed by atoms with Gasteiger partial charge in [-0.15, -0.1) is 0 Å². The fourth-order valence-corrected chi connectivity index (χ4v) is 1.64. The lowest BCUT2D eigenvalue weighted by molar-refractivity contribution is -0.117. The topological polar surface area (TPSA) is 33.2 Å². The van der Waals surface area contributed by atoms with E-state index in [1.54, 1.807) is 6.92 Å². The van der Waals surface area contributed by atoms with Crippen molar-refractivity contribution in [3.05, 3.63) is 29.6 Å². The summed E-state index contributed by atoms with van der Waals surface area (Å²) in [4.78, 5) is 17.4. The zero-order chi connectivity index (χ0) is 12.0. The second-order valence-corrected chi connectivity index (χ2v) is 4.31. The van der Waals surface area contributed by atoms with Crippen molar-refractivity contribution in [3.8, 4) is 0 Å². The average Bonchev–Trinajstić information content (AvgIpc) is 2.16. The summed E-state index contributed by atoms with van der Waals surface area (Å²) in [5, 5.41) is 0. The summed E-state index contributed by atoms with van der Waals surface area (Å²) in [5.41, 5.74) is 2.14. The molecule has 88 valence electrons. The molecule has 0 aliphatic heterocycles. The van der Waals surface area contributed by atoms with Gasteiger partial charge in [0.05, 0.1) is 5.69 Å². The molecule has 0 saturated heterocycles. The fourth-order valence-electron chi connectivity index (χ4n) is 1.64. The van der Waals surface area contributed by atoms with Crippen molar-refractivity contribution in [2.45, 2.75) is 33.2 Å². The van der Waals surface area contributed by atoms with E-state index >= 15 is 0 Å². The minimum Gasteiger partial charge on any atom is -0.301 e. The van der Waals surface area contributed by atoms with Crippen LogP contribution >= 0.6 is 0 Å². The van der Waals surface area contributed by atoms with Gasteiger partial charge in [-0.1, -0.05) is 6.07 Å². The summed E-state index contributed by atoms with van der Waals surface area (Å²) < 4.78 is 0. The number of carbonyl (C=O) groups excluding carboxylic acids is 1. The van der Waals surface area contributed by atoms with E-state index in [9.17, 15) is 4.79 Å². The Morgan fingerprint density at radius 3 is 2.81 bits per heavy atom. The smallest absolute Gasteiger partial charge is 0.129 e. The van der Waals surface area contributed by atoms with Crippen molar-refractivity contribution < 1.29 is 4.79 Å². The summed E-state index contributed by atoms with van der Waals surface area (Å²) >= 11 is 0. The molecule has 3 heteroatoms. The third-order valence-corrected chi connectivity index (χ3v) is 2.45. The molecule has 0 unspecified atom stereocenters. The Kier molecular flexibility index (Phi) is 5.12. The maximum atomic E-state index is 10.8. The van der Waals surface area contributed by atoms with Gasteiger partial charge in [0.2, 0.25) is 0 Å². The maximum absolute atomic E-state index is 10.8. The monoisotopic (exact) mass is 220 g/mol. The van der Waals surface area contributed by atoms with Crippen molar-refractivity contribution in [2.24, 2.45) is 0 Å². The highest BCUT2D eigenvalue weighted by atomic mass is 16.1. The number of rotatable bonds is 6. The van der Waals surface area contributed by atoms with Crippen molar-refractivity contribution in [1.82, 2.24) is 9.88 Å². The minimum atomic E-state index is 0.266. The van der Waals surface area contributed by atoms with Crippen molar-refractivity contribution >= 4 is 5.78 Å². The predicted octanol–water partition coefficient (Wildman–Crippen LogP) is 2.19. The molecule has 0 atom stereocenters. The molecule has 3 nitrogen and oxygen atoms in total. The molecule has 0 aliphatic rings. The van der Waals surface area contributed by atoms with Gasteiger partial charge in [-0.25, -0.2) is 0 Å². The molecule has 0 N–H and O–H groups in total. The van der Waals surface area contributed by atoms with Crippen molar-refractivity contribution in [1.29, 1.82) is 0 Å². The van der Waals surface area contributed by atoms with Gasteiger partial charge >= 0.3 is 0 Å². The zero-order valence-corrected chi connectivity index (χ0v) is 10.4. The summed E-state index contributed by atoms with van der Waals surface area (Å²) in [5.74, 6) is 0.266. The molecule has 0 bridgehead atoms. The van der Waals surface area contributed by atoms with Crippen LogP contribution in [0.3, 0.4) is 0 Å². The molecule has 1 aromatic heterocycles. The molecule has 1 heterocycles. The van der Waals surface area contributed by atoms with Crippen LogP contribution in [-0.2, 0) is 11.3 Å². The van der Waals surface area contributed by atoms with Crippen LogP contribution < -0.4 is 0 Å². The Balaban J connectivity index is 2.33. The van der Waals surface area contributed by atoms with Gasteiger partial charge in [-0.2, -0.15) is 0 Å². The van der Waals surface area contributed by atoms with Crippen LogP contribution in [-0.4, -0.2) is 29.3 Å². The van der Waals surface area contributed by atoms with E-state index in [2.05, 4.69) is 16.9 Å². The van der Waals surface area contributed by atoms with Crippen LogP contribution in [0.4, 0.5) is 0 Å². The van der Waals surface area contributed by atoms with Gasteiger partial charge in [-0.3, -0.25) is 4.98 Å². The van der Waals surface area contributed by atoms with Gasteiger partial charge in [0.1, 0.15) is 5.78 Å². The number of Topliss-reactive ketones (excluding diaryl/α,β-unsaturated/α-hetero) is 1. The Hall–Kier alpha value is -1.22. The van der Waals surface area contributed by atoms with Crippen LogP contribution in [0.5, 0.6) is 0 Å². The van der Waals surface area contributed by atoms with Crippen LogP contribution in [0.1, 0.15) is 31.2 Å². The first-order valence-electron chi connectivity index (χ1n) is 5.68. The van der Waals surface area contributed by atoms with Gasteiger partial charge in [0.15, 0.2) is 0 Å². The normalized spacial score (nSPS) is 10.8. The fraction of sp³-hybridized carbons (Fsp3) is 0.538. The van der Waals surface area contributed by atoms with E-state index in [-0.39, 0.29) is 5.78 Å². The first-order valence-corrected chi connectivity index (χ1v) is 5.68. The third-order valence-electron chi connectivity index (χ3n) is 2.45. The predicted molar refractivity (Wildman–Crippen MR) is 65.2 cm³/mol. The quantitative estimate of drug-likeness (QED) is 0.737. The number of hydrogen-bond acceptors (Lipinski definition) is 3. The summed E-state index contributed by atoms with van der Waals surface area (Å²) in [7, 11) is 2.06. The van der Waals surface area contributed by atoms with Crippen LogP contribution in [0, 0.1) is 6.92 Å². The summed E-state index contributed by atoms with van der Waals surface area (Å²) in [6.07, 6.45) is 1.60. The number of ketones is 1. The molecule has 0 aromatic carbocycles. The summed E-state index contributed by atoms with van der Waals surface area (Å²) in [6, 6.07) is 6.06. The lowest BCUT2D eigenvalue weighted by Crippen LogP contribution is -2.20. The Bertz CT molecular complexity index is 350. The van der Waals surface area contributed by atoms with Crippen molar-refractivity contribution in [3.63, 3.8) is 0 Å². The molecule has 0 amide bonds. The van der Waals surface area contributed by atoms with Gasteiger partial charge in [0, 0.05) is 18.7 Å². The SMILES string of the molecule is CC(=O)CCCN(C)Cc1cccc(C)n1. The van der Waals surface area contributed by atoms with Crippen LogP contribution in [0.2, 0.25) is 0 Å². The molecule has 0 saturated carbocycles. The molecule has 0 radical (unpaired) electrons. The minimum absolute atomic E-state index is 0.266. The maximum Gasteiger partial charge on any atom is 0.129 e. The number of hydrogen-bond donors (Lipinski definition) is 0. The number of pyridine rings is 1. The molecule has 1 rings (SSSR count). The lowest BCUT2D eigenvalue weighted by Gasteiger charge is -2.15. The molecular formula is C13H20N2O. The third kappa shape index (κ3) is 5.03. The van der Waals surface area contributed by atoms with Crippen LogP contribution in [0.25, 0.3) is 0 Å². The number of aryl methyl sites for hydroxylation is 1. The van der Waals surface area contributed by atoms with E-state index in [0.717, 1.165) is 30.9 Å². The number of aromatic nitrogens is 1. The average molecular weight is 220 g/mol. The lowest BCUT2D eigenvalue weighted by atomic mass is 10.2. The molecule has 1 aromatic rings. The van der Waals surface area contributed by atoms with Gasteiger partial charge in [0.25, 0.3) is 0 Å². The highest BCUT2D eigenvalue weighted by Crippen LogP contribution is 2.03. The highest BCUT2D eigenvalue weighted by Gasteiger charge is 2.02. The Morgan fingerprint density at radius 2 is 2.19 bits per heavy atom. The first kappa shape index (κ1) is 12.8. The summed E-state index contributed by atoms with van der Waals surface area (Å²) in [6.45, 7) is 5.43.